The molecule has 0 radical (unpaired) electrons. The number of hydrogen-bond donors (Lipinski definition) is 1. The molecule has 6 nitrogen and oxygen atoms in total. The SMILES string of the molecule is CCC(C)OC(=O)c1c(NC(=O)c2cc(C)nn2C)sc2c1CCCC2. The second kappa shape index (κ2) is 7.61. The van der Waals surface area contributed by atoms with E-state index in [2.05, 4.69) is 10.4 Å². The number of esters is 1. The van der Waals surface area contributed by atoms with Crippen LogP contribution in [0, 0.1) is 6.92 Å². The van der Waals surface area contributed by atoms with Crippen LogP contribution in [0.4, 0.5) is 5.00 Å². The Bertz CT molecular complexity index is 837. The Morgan fingerprint density at radius 1 is 1.38 bits per heavy atom. The van der Waals surface area contributed by atoms with Gasteiger partial charge in [0.2, 0.25) is 0 Å². The van der Waals surface area contributed by atoms with E-state index in [0.29, 0.717) is 16.3 Å². The highest BCUT2D eigenvalue weighted by atomic mass is 32.1. The monoisotopic (exact) mass is 375 g/mol. The predicted molar refractivity (Wildman–Crippen MR) is 102 cm³/mol. The van der Waals surface area contributed by atoms with Crippen LogP contribution < -0.4 is 5.32 Å². The van der Waals surface area contributed by atoms with Crippen LogP contribution in [0.15, 0.2) is 6.07 Å². The maximum absolute atomic E-state index is 12.8. The zero-order chi connectivity index (χ0) is 18.8. The Balaban J connectivity index is 1.93. The molecule has 1 unspecified atom stereocenters. The Hall–Kier alpha value is -2.15. The molecule has 1 amide bonds. The molecule has 1 aliphatic carbocycles. The summed E-state index contributed by atoms with van der Waals surface area (Å²) in [5, 5.41) is 7.73. The van der Waals surface area contributed by atoms with Gasteiger partial charge in [-0.2, -0.15) is 5.10 Å². The maximum Gasteiger partial charge on any atom is 0.341 e. The fourth-order valence-electron chi connectivity index (χ4n) is 3.19. The van der Waals surface area contributed by atoms with Crippen molar-refractivity contribution in [3.05, 3.63) is 33.5 Å². The van der Waals surface area contributed by atoms with E-state index < -0.39 is 0 Å². The zero-order valence-corrected chi connectivity index (χ0v) is 16.5. The zero-order valence-electron chi connectivity index (χ0n) is 15.7. The molecule has 0 fully saturated rings. The van der Waals surface area contributed by atoms with Crippen molar-refractivity contribution in [1.82, 2.24) is 9.78 Å². The molecule has 0 aliphatic heterocycles. The van der Waals surface area contributed by atoms with Gasteiger partial charge in [-0.3, -0.25) is 9.48 Å². The summed E-state index contributed by atoms with van der Waals surface area (Å²) in [5.41, 5.74) is 2.83. The Morgan fingerprint density at radius 3 is 2.77 bits per heavy atom. The van der Waals surface area contributed by atoms with Gasteiger partial charge in [0.25, 0.3) is 5.91 Å². The van der Waals surface area contributed by atoms with Gasteiger partial charge in [0.15, 0.2) is 0 Å². The van der Waals surface area contributed by atoms with E-state index >= 15 is 0 Å². The number of carbonyl (C=O) groups is 2. The first kappa shape index (κ1) is 18.6. The molecule has 0 spiro atoms. The number of ether oxygens (including phenoxy) is 1. The lowest BCUT2D eigenvalue weighted by Gasteiger charge is -2.15. The van der Waals surface area contributed by atoms with Gasteiger partial charge < -0.3 is 10.1 Å². The van der Waals surface area contributed by atoms with Crippen molar-refractivity contribution in [2.45, 2.75) is 59.0 Å². The van der Waals surface area contributed by atoms with Crippen LogP contribution in [0.1, 0.15) is 70.1 Å². The molecule has 2 aromatic rings. The van der Waals surface area contributed by atoms with E-state index in [0.717, 1.165) is 43.4 Å². The van der Waals surface area contributed by atoms with Crippen LogP contribution in [0.2, 0.25) is 0 Å². The number of carbonyl (C=O) groups excluding carboxylic acids is 2. The molecule has 2 aromatic heterocycles. The Labute approximate surface area is 157 Å². The normalized spacial score (nSPS) is 14.6. The van der Waals surface area contributed by atoms with Gasteiger partial charge in [0, 0.05) is 11.9 Å². The second-order valence-corrected chi connectivity index (χ2v) is 7.89. The minimum absolute atomic E-state index is 0.148. The van der Waals surface area contributed by atoms with Gasteiger partial charge in [-0.1, -0.05) is 6.92 Å². The highest BCUT2D eigenvalue weighted by Crippen LogP contribution is 2.39. The third-order valence-corrected chi connectivity index (χ3v) is 5.93. The third kappa shape index (κ3) is 3.67. The molecule has 3 rings (SSSR count). The Morgan fingerprint density at radius 2 is 2.12 bits per heavy atom. The minimum atomic E-state index is -0.338. The Kier molecular flexibility index (Phi) is 5.46. The molecule has 26 heavy (non-hydrogen) atoms. The number of rotatable bonds is 5. The number of anilines is 1. The van der Waals surface area contributed by atoms with Crippen molar-refractivity contribution in [1.29, 1.82) is 0 Å². The first-order valence-electron chi connectivity index (χ1n) is 9.08. The summed E-state index contributed by atoms with van der Waals surface area (Å²) >= 11 is 1.50. The molecule has 1 atom stereocenters. The quantitative estimate of drug-likeness (QED) is 0.805. The van der Waals surface area contributed by atoms with Crippen molar-refractivity contribution in [3.63, 3.8) is 0 Å². The number of aryl methyl sites for hydroxylation is 3. The third-order valence-electron chi connectivity index (χ3n) is 4.72. The van der Waals surface area contributed by atoms with Gasteiger partial charge in [0.1, 0.15) is 10.7 Å². The van der Waals surface area contributed by atoms with Crippen molar-refractivity contribution in [2.75, 3.05) is 5.32 Å². The molecule has 7 heteroatoms. The van der Waals surface area contributed by atoms with E-state index in [1.54, 1.807) is 17.8 Å². The lowest BCUT2D eigenvalue weighted by atomic mass is 9.95. The first-order chi connectivity index (χ1) is 12.4. The van der Waals surface area contributed by atoms with E-state index in [1.165, 1.54) is 16.2 Å². The average molecular weight is 375 g/mol. The van der Waals surface area contributed by atoms with E-state index in [4.69, 9.17) is 4.74 Å². The molecule has 2 heterocycles. The topological polar surface area (TPSA) is 73.2 Å². The number of thiophene rings is 1. The summed E-state index contributed by atoms with van der Waals surface area (Å²) in [7, 11) is 1.74. The van der Waals surface area contributed by atoms with Crippen LogP contribution in [0.25, 0.3) is 0 Å². The lowest BCUT2D eigenvalue weighted by molar-refractivity contribution is 0.0335. The molecule has 140 valence electrons. The highest BCUT2D eigenvalue weighted by Gasteiger charge is 2.28. The standard InChI is InChI=1S/C19H25N3O3S/c1-5-12(3)25-19(24)16-13-8-6-7-9-15(13)26-18(16)20-17(23)14-10-11(2)21-22(14)4/h10,12H,5-9H2,1-4H3,(H,20,23). The molecule has 0 saturated heterocycles. The van der Waals surface area contributed by atoms with Crippen LogP contribution in [-0.2, 0) is 24.6 Å². The maximum atomic E-state index is 12.8. The molecule has 0 bridgehead atoms. The lowest BCUT2D eigenvalue weighted by Crippen LogP contribution is -2.20. The average Bonchev–Trinajstić information content (AvgIpc) is 3.13. The summed E-state index contributed by atoms with van der Waals surface area (Å²) in [6, 6.07) is 1.74. The summed E-state index contributed by atoms with van der Waals surface area (Å²) in [4.78, 5) is 26.7. The van der Waals surface area contributed by atoms with E-state index in [1.807, 2.05) is 20.8 Å². The van der Waals surface area contributed by atoms with Crippen LogP contribution >= 0.6 is 11.3 Å². The number of aromatic nitrogens is 2. The minimum Gasteiger partial charge on any atom is -0.459 e. The van der Waals surface area contributed by atoms with Crippen molar-refractivity contribution < 1.29 is 14.3 Å². The van der Waals surface area contributed by atoms with Gasteiger partial charge in [-0.25, -0.2) is 4.79 Å². The fraction of sp³-hybridized carbons (Fsp3) is 0.526. The van der Waals surface area contributed by atoms with Crippen molar-refractivity contribution >= 4 is 28.2 Å². The van der Waals surface area contributed by atoms with Crippen molar-refractivity contribution in [2.24, 2.45) is 7.05 Å². The van der Waals surface area contributed by atoms with Gasteiger partial charge in [0.05, 0.1) is 17.4 Å². The second-order valence-electron chi connectivity index (χ2n) is 6.79. The van der Waals surface area contributed by atoms with Crippen LogP contribution in [0.5, 0.6) is 0 Å². The molecule has 1 aliphatic rings. The molecular weight excluding hydrogens is 350 g/mol. The number of hydrogen-bond acceptors (Lipinski definition) is 5. The number of nitrogens with one attached hydrogen (secondary N) is 1. The highest BCUT2D eigenvalue weighted by molar-refractivity contribution is 7.17. The van der Waals surface area contributed by atoms with Crippen LogP contribution in [0.3, 0.4) is 0 Å². The van der Waals surface area contributed by atoms with E-state index in [9.17, 15) is 9.59 Å². The first-order valence-corrected chi connectivity index (χ1v) is 9.89. The van der Waals surface area contributed by atoms with Gasteiger partial charge >= 0.3 is 5.97 Å². The number of fused-ring (bicyclic) bond motifs is 1. The molecule has 1 N–H and O–H groups in total. The summed E-state index contributed by atoms with van der Waals surface area (Å²) in [6.07, 6.45) is 4.59. The molecular formula is C19H25N3O3S. The van der Waals surface area contributed by atoms with Gasteiger partial charge in [-0.15, -0.1) is 11.3 Å². The fourth-order valence-corrected chi connectivity index (χ4v) is 4.46. The molecule has 0 saturated carbocycles. The van der Waals surface area contributed by atoms with Crippen LogP contribution in [-0.4, -0.2) is 27.8 Å². The van der Waals surface area contributed by atoms with E-state index in [-0.39, 0.29) is 18.0 Å². The summed E-state index contributed by atoms with van der Waals surface area (Å²) in [5.74, 6) is -0.598. The summed E-state index contributed by atoms with van der Waals surface area (Å²) in [6.45, 7) is 5.71. The largest absolute Gasteiger partial charge is 0.459 e. The van der Waals surface area contributed by atoms with Crippen molar-refractivity contribution in [3.8, 4) is 0 Å². The molecule has 0 aromatic carbocycles. The van der Waals surface area contributed by atoms with Gasteiger partial charge in [-0.05, 0) is 57.6 Å². The summed E-state index contributed by atoms with van der Waals surface area (Å²) < 4.78 is 7.12. The smallest absolute Gasteiger partial charge is 0.341 e. The number of nitrogens with zero attached hydrogens (tertiary/aromatic N) is 2. The predicted octanol–water partition coefficient (Wildman–Crippen LogP) is 3.88. The number of amides is 1.